The maximum atomic E-state index is 13.4. The molecule has 2 aliphatic carbocycles. The molecule has 2 fully saturated rings. The van der Waals surface area contributed by atoms with Crippen molar-refractivity contribution in [3.63, 3.8) is 0 Å². The third-order valence-corrected chi connectivity index (χ3v) is 6.40. The van der Waals surface area contributed by atoms with E-state index in [1.54, 1.807) is 7.05 Å². The number of nitrogen functional groups attached to an aromatic ring is 1. The number of hydrogen-bond donors (Lipinski definition) is 2. The van der Waals surface area contributed by atoms with Crippen molar-refractivity contribution in [1.29, 1.82) is 5.26 Å². The van der Waals surface area contributed by atoms with E-state index in [0.29, 0.717) is 34.6 Å². The first-order chi connectivity index (χ1) is 13.4. The molecule has 1 amide bonds. The molecule has 6 nitrogen and oxygen atoms in total. The number of benzene rings is 1. The van der Waals surface area contributed by atoms with E-state index in [4.69, 9.17) is 22.6 Å². The van der Waals surface area contributed by atoms with Crippen LogP contribution >= 0.6 is 11.6 Å². The SMILES string of the molecule is Cn1nc(C2CC3CC(C#N)CC3C2)c(C(=O)Nc2ccc(F)c(Cl)c2)c1N. The highest BCUT2D eigenvalue weighted by Gasteiger charge is 2.44. The quantitative estimate of drug-likeness (QED) is 0.809. The van der Waals surface area contributed by atoms with Crippen molar-refractivity contribution in [2.75, 3.05) is 11.1 Å². The van der Waals surface area contributed by atoms with Crippen LogP contribution in [0.4, 0.5) is 15.9 Å². The standard InChI is InChI=1S/C20H21ClFN5O/c1-27-19(24)17(20(28)25-14-2-3-16(22)15(21)8-14)18(26-27)13-6-11-4-10(9-23)5-12(11)7-13/h2-3,8,10-13H,4-7,24H2,1H3,(H,25,28). The molecular weight excluding hydrogens is 381 g/mol. The van der Waals surface area contributed by atoms with E-state index in [0.717, 1.165) is 25.7 Å². The molecule has 2 atom stereocenters. The Bertz CT molecular complexity index is 968. The van der Waals surface area contributed by atoms with Crippen molar-refractivity contribution in [2.24, 2.45) is 24.8 Å². The summed E-state index contributed by atoms with van der Waals surface area (Å²) < 4.78 is 14.9. The van der Waals surface area contributed by atoms with Crippen LogP contribution in [0.2, 0.25) is 5.02 Å². The average Bonchev–Trinajstić information content (AvgIpc) is 3.30. The van der Waals surface area contributed by atoms with E-state index in [1.807, 2.05) is 0 Å². The minimum atomic E-state index is -0.547. The fourth-order valence-corrected chi connectivity index (χ4v) is 4.97. The van der Waals surface area contributed by atoms with E-state index in [-0.39, 0.29) is 22.8 Å². The Balaban J connectivity index is 1.58. The molecule has 0 bridgehead atoms. The summed E-state index contributed by atoms with van der Waals surface area (Å²) in [5, 5.41) is 16.4. The smallest absolute Gasteiger partial charge is 0.261 e. The number of anilines is 2. The van der Waals surface area contributed by atoms with Gasteiger partial charge in [0, 0.05) is 24.6 Å². The van der Waals surface area contributed by atoms with Gasteiger partial charge in [-0.3, -0.25) is 9.48 Å². The van der Waals surface area contributed by atoms with Gasteiger partial charge in [-0.2, -0.15) is 10.4 Å². The second-order valence-electron chi connectivity index (χ2n) is 7.84. The lowest BCUT2D eigenvalue weighted by Crippen LogP contribution is -2.16. The molecule has 1 aromatic carbocycles. The molecule has 0 saturated heterocycles. The lowest BCUT2D eigenvalue weighted by atomic mass is 9.94. The summed E-state index contributed by atoms with van der Waals surface area (Å²) in [6.07, 6.45) is 3.69. The lowest BCUT2D eigenvalue weighted by Gasteiger charge is -2.12. The molecule has 0 spiro atoms. The molecule has 2 aromatic rings. The third kappa shape index (κ3) is 3.22. The van der Waals surface area contributed by atoms with Crippen molar-refractivity contribution in [1.82, 2.24) is 9.78 Å². The van der Waals surface area contributed by atoms with Crippen LogP contribution in [0.5, 0.6) is 0 Å². The highest BCUT2D eigenvalue weighted by Crippen LogP contribution is 2.52. The summed E-state index contributed by atoms with van der Waals surface area (Å²) in [5.41, 5.74) is 7.61. The summed E-state index contributed by atoms with van der Waals surface area (Å²) >= 11 is 5.80. The Morgan fingerprint density at radius 2 is 2.04 bits per heavy atom. The van der Waals surface area contributed by atoms with Crippen molar-refractivity contribution in [3.05, 3.63) is 40.3 Å². The Morgan fingerprint density at radius 3 is 2.64 bits per heavy atom. The van der Waals surface area contributed by atoms with Crippen molar-refractivity contribution in [2.45, 2.75) is 31.6 Å². The minimum absolute atomic E-state index is 0.0622. The fraction of sp³-hybridized carbons (Fsp3) is 0.450. The first-order valence-corrected chi connectivity index (χ1v) is 9.73. The summed E-state index contributed by atoms with van der Waals surface area (Å²) in [6.45, 7) is 0. The van der Waals surface area contributed by atoms with E-state index in [2.05, 4.69) is 16.5 Å². The second kappa shape index (κ2) is 7.10. The summed E-state index contributed by atoms with van der Waals surface area (Å²) in [5.74, 6) is 0.679. The van der Waals surface area contributed by atoms with Gasteiger partial charge in [-0.25, -0.2) is 4.39 Å². The highest BCUT2D eigenvalue weighted by molar-refractivity contribution is 6.31. The topological polar surface area (TPSA) is 96.7 Å². The number of carbonyl (C=O) groups is 1. The molecule has 2 aliphatic rings. The number of fused-ring (bicyclic) bond motifs is 1. The predicted octanol–water partition coefficient (Wildman–Crippen LogP) is 4.09. The zero-order valence-electron chi connectivity index (χ0n) is 15.5. The van der Waals surface area contributed by atoms with Crippen LogP contribution in [-0.2, 0) is 7.05 Å². The molecule has 1 heterocycles. The van der Waals surface area contributed by atoms with Crippen LogP contribution in [-0.4, -0.2) is 15.7 Å². The molecule has 2 unspecified atom stereocenters. The molecule has 0 radical (unpaired) electrons. The molecule has 4 rings (SSSR count). The summed E-state index contributed by atoms with van der Waals surface area (Å²) in [4.78, 5) is 12.9. The Kier molecular flexibility index (Phi) is 4.76. The number of nitriles is 1. The Labute approximate surface area is 167 Å². The van der Waals surface area contributed by atoms with Crippen molar-refractivity contribution in [3.8, 4) is 6.07 Å². The van der Waals surface area contributed by atoms with E-state index in [9.17, 15) is 9.18 Å². The largest absolute Gasteiger partial charge is 0.383 e. The number of aromatic nitrogens is 2. The monoisotopic (exact) mass is 401 g/mol. The lowest BCUT2D eigenvalue weighted by molar-refractivity contribution is 0.102. The maximum absolute atomic E-state index is 13.4. The van der Waals surface area contributed by atoms with Crippen molar-refractivity contribution >= 4 is 29.0 Å². The first-order valence-electron chi connectivity index (χ1n) is 9.35. The third-order valence-electron chi connectivity index (χ3n) is 6.11. The van der Waals surface area contributed by atoms with Crippen molar-refractivity contribution < 1.29 is 9.18 Å². The molecule has 1 aromatic heterocycles. The van der Waals surface area contributed by atoms with Gasteiger partial charge in [-0.05, 0) is 55.7 Å². The van der Waals surface area contributed by atoms with Crippen LogP contribution in [0.25, 0.3) is 0 Å². The number of halogens is 2. The number of carbonyl (C=O) groups excluding carboxylic acids is 1. The zero-order valence-corrected chi connectivity index (χ0v) is 16.2. The van der Waals surface area contributed by atoms with E-state index < -0.39 is 5.82 Å². The van der Waals surface area contributed by atoms with Crippen LogP contribution < -0.4 is 11.1 Å². The van der Waals surface area contributed by atoms with Crippen LogP contribution in [0.15, 0.2) is 18.2 Å². The van der Waals surface area contributed by atoms with Crippen LogP contribution in [0.3, 0.4) is 0 Å². The predicted molar refractivity (Wildman–Crippen MR) is 104 cm³/mol. The minimum Gasteiger partial charge on any atom is -0.383 e. The molecule has 146 valence electrons. The molecule has 3 N–H and O–H groups in total. The van der Waals surface area contributed by atoms with Gasteiger partial charge in [-0.1, -0.05) is 11.6 Å². The number of amides is 1. The van der Waals surface area contributed by atoms with Gasteiger partial charge in [0.1, 0.15) is 17.2 Å². The van der Waals surface area contributed by atoms with E-state index in [1.165, 1.54) is 22.9 Å². The van der Waals surface area contributed by atoms with Gasteiger partial charge in [0.05, 0.1) is 16.8 Å². The summed E-state index contributed by atoms with van der Waals surface area (Å²) in [7, 11) is 1.71. The fourth-order valence-electron chi connectivity index (χ4n) is 4.79. The van der Waals surface area contributed by atoms with Gasteiger partial charge in [0.2, 0.25) is 0 Å². The number of aryl methyl sites for hydroxylation is 1. The van der Waals surface area contributed by atoms with Gasteiger partial charge < -0.3 is 11.1 Å². The average molecular weight is 402 g/mol. The number of nitrogens with zero attached hydrogens (tertiary/aromatic N) is 3. The molecular formula is C20H21ClFN5O. The van der Waals surface area contributed by atoms with Crippen LogP contribution in [0.1, 0.15) is 47.7 Å². The second-order valence-corrected chi connectivity index (χ2v) is 8.25. The van der Waals surface area contributed by atoms with Gasteiger partial charge in [0.25, 0.3) is 5.91 Å². The maximum Gasteiger partial charge on any atom is 0.261 e. The van der Waals surface area contributed by atoms with E-state index >= 15 is 0 Å². The van der Waals surface area contributed by atoms with Crippen LogP contribution in [0, 0.1) is 34.9 Å². The highest BCUT2D eigenvalue weighted by atomic mass is 35.5. The Hall–Kier alpha value is -2.59. The Morgan fingerprint density at radius 1 is 1.36 bits per heavy atom. The summed E-state index contributed by atoms with van der Waals surface area (Å²) in [6, 6.07) is 6.40. The molecule has 2 saturated carbocycles. The number of hydrogen-bond acceptors (Lipinski definition) is 4. The molecule has 28 heavy (non-hydrogen) atoms. The first kappa shape index (κ1) is 18.8. The number of nitrogens with one attached hydrogen (secondary N) is 1. The van der Waals surface area contributed by atoms with Gasteiger partial charge in [0.15, 0.2) is 0 Å². The number of rotatable bonds is 3. The molecule has 0 aliphatic heterocycles. The van der Waals surface area contributed by atoms with Gasteiger partial charge >= 0.3 is 0 Å². The van der Waals surface area contributed by atoms with Gasteiger partial charge in [-0.15, -0.1) is 0 Å². The number of nitrogens with two attached hydrogens (primary N) is 1. The normalized spacial score (nSPS) is 26.1. The molecule has 8 heteroatoms. The zero-order chi connectivity index (χ0) is 20.0.